The standard InChI is InChI=1S/C19H28O6/c1-22-16-4-2-15(3-5-16)10-23-17-6-8-19(9-7-17)24-13-18(11-20,12-21)14-25-19/h2-5,17,20-21H,6-14H2,1H3. The third kappa shape index (κ3) is 4.33. The molecule has 0 atom stereocenters. The summed E-state index contributed by atoms with van der Waals surface area (Å²) in [4.78, 5) is 0. The Morgan fingerprint density at radius 2 is 1.64 bits per heavy atom. The molecule has 6 heteroatoms. The van der Waals surface area contributed by atoms with E-state index in [0.717, 1.165) is 37.0 Å². The lowest BCUT2D eigenvalue weighted by atomic mass is 9.87. The molecule has 0 radical (unpaired) electrons. The van der Waals surface area contributed by atoms with Gasteiger partial charge in [-0.15, -0.1) is 0 Å². The first-order valence-corrected chi connectivity index (χ1v) is 8.87. The Morgan fingerprint density at radius 3 is 2.16 bits per heavy atom. The predicted molar refractivity (Wildman–Crippen MR) is 91.3 cm³/mol. The monoisotopic (exact) mass is 352 g/mol. The molecule has 1 aliphatic carbocycles. The summed E-state index contributed by atoms with van der Waals surface area (Å²) in [6.45, 7) is 0.983. The SMILES string of the molecule is COc1ccc(COC2CCC3(CC2)OCC(CO)(CO)CO3)cc1. The second-order valence-electron chi connectivity index (χ2n) is 7.16. The van der Waals surface area contributed by atoms with E-state index in [-0.39, 0.29) is 19.3 Å². The molecule has 25 heavy (non-hydrogen) atoms. The highest BCUT2D eigenvalue weighted by Gasteiger charge is 2.46. The van der Waals surface area contributed by atoms with Crippen molar-refractivity contribution in [3.63, 3.8) is 0 Å². The molecule has 0 unspecified atom stereocenters. The van der Waals surface area contributed by atoms with Crippen molar-refractivity contribution >= 4 is 0 Å². The number of aliphatic hydroxyl groups excluding tert-OH is 2. The van der Waals surface area contributed by atoms with Crippen molar-refractivity contribution in [1.82, 2.24) is 0 Å². The van der Waals surface area contributed by atoms with Crippen molar-refractivity contribution in [2.45, 2.75) is 44.2 Å². The molecule has 6 nitrogen and oxygen atoms in total. The molecule has 1 saturated heterocycles. The first-order valence-electron chi connectivity index (χ1n) is 8.87. The Bertz CT molecular complexity index is 519. The summed E-state index contributed by atoms with van der Waals surface area (Å²) in [5, 5.41) is 18.9. The summed E-state index contributed by atoms with van der Waals surface area (Å²) < 4.78 is 23.0. The van der Waals surface area contributed by atoms with Gasteiger partial charge >= 0.3 is 0 Å². The lowest BCUT2D eigenvalue weighted by Crippen LogP contribution is -2.54. The van der Waals surface area contributed by atoms with Gasteiger partial charge in [0.05, 0.1) is 51.7 Å². The lowest BCUT2D eigenvalue weighted by Gasteiger charge is -2.47. The van der Waals surface area contributed by atoms with Crippen molar-refractivity contribution in [2.24, 2.45) is 5.41 Å². The molecule has 0 aromatic heterocycles. The van der Waals surface area contributed by atoms with Gasteiger partial charge < -0.3 is 29.2 Å². The van der Waals surface area contributed by atoms with Crippen LogP contribution in [0, 0.1) is 5.41 Å². The van der Waals surface area contributed by atoms with Crippen molar-refractivity contribution in [1.29, 1.82) is 0 Å². The fourth-order valence-electron chi connectivity index (χ4n) is 3.31. The Kier molecular flexibility index (Phi) is 5.96. The summed E-state index contributed by atoms with van der Waals surface area (Å²) in [6, 6.07) is 7.90. The lowest BCUT2D eigenvalue weighted by molar-refractivity contribution is -0.327. The van der Waals surface area contributed by atoms with E-state index < -0.39 is 11.2 Å². The molecule has 1 spiro atoms. The highest BCUT2D eigenvalue weighted by atomic mass is 16.7. The number of hydrogen-bond acceptors (Lipinski definition) is 6. The molecule has 1 heterocycles. The summed E-state index contributed by atoms with van der Waals surface area (Å²) in [6.07, 6.45) is 3.49. The molecular weight excluding hydrogens is 324 g/mol. The Labute approximate surface area is 148 Å². The van der Waals surface area contributed by atoms with Crippen LogP contribution in [-0.4, -0.2) is 55.6 Å². The molecule has 2 aliphatic rings. The van der Waals surface area contributed by atoms with Gasteiger partial charge in [0, 0.05) is 12.8 Å². The minimum absolute atomic E-state index is 0.132. The van der Waals surface area contributed by atoms with E-state index in [1.165, 1.54) is 0 Å². The average molecular weight is 352 g/mol. The molecule has 3 rings (SSSR count). The van der Waals surface area contributed by atoms with Gasteiger partial charge in [0.1, 0.15) is 5.75 Å². The maximum atomic E-state index is 9.43. The maximum absolute atomic E-state index is 9.43. The van der Waals surface area contributed by atoms with Crippen molar-refractivity contribution in [2.75, 3.05) is 33.5 Å². The largest absolute Gasteiger partial charge is 0.497 e. The van der Waals surface area contributed by atoms with Crippen LogP contribution in [0.2, 0.25) is 0 Å². The molecule has 2 fully saturated rings. The number of ether oxygens (including phenoxy) is 4. The van der Waals surface area contributed by atoms with E-state index in [1.807, 2.05) is 24.3 Å². The third-order valence-electron chi connectivity index (χ3n) is 5.29. The van der Waals surface area contributed by atoms with Gasteiger partial charge in [-0.1, -0.05) is 12.1 Å². The predicted octanol–water partition coefficient (Wildman–Crippen LogP) is 1.87. The van der Waals surface area contributed by atoms with Gasteiger partial charge in [-0.3, -0.25) is 0 Å². The van der Waals surface area contributed by atoms with Crippen LogP contribution in [-0.2, 0) is 20.8 Å². The molecule has 140 valence electrons. The van der Waals surface area contributed by atoms with E-state index in [0.29, 0.717) is 19.8 Å². The maximum Gasteiger partial charge on any atom is 0.168 e. The molecule has 0 bridgehead atoms. The fraction of sp³-hybridized carbons (Fsp3) is 0.684. The number of rotatable bonds is 6. The second kappa shape index (κ2) is 8.01. The van der Waals surface area contributed by atoms with Crippen LogP contribution in [0.25, 0.3) is 0 Å². The van der Waals surface area contributed by atoms with E-state index in [9.17, 15) is 10.2 Å². The molecule has 0 amide bonds. The van der Waals surface area contributed by atoms with Crippen LogP contribution in [0.5, 0.6) is 5.75 Å². The Morgan fingerprint density at radius 1 is 1.04 bits per heavy atom. The fourth-order valence-corrected chi connectivity index (χ4v) is 3.31. The van der Waals surface area contributed by atoms with Gasteiger partial charge in [-0.2, -0.15) is 0 Å². The number of benzene rings is 1. The van der Waals surface area contributed by atoms with Crippen LogP contribution in [0.1, 0.15) is 31.2 Å². The topological polar surface area (TPSA) is 77.4 Å². The molecule has 1 aromatic carbocycles. The van der Waals surface area contributed by atoms with Gasteiger partial charge in [0.15, 0.2) is 5.79 Å². The van der Waals surface area contributed by atoms with Crippen molar-refractivity contribution < 1.29 is 29.2 Å². The van der Waals surface area contributed by atoms with Crippen LogP contribution in [0.15, 0.2) is 24.3 Å². The molecular formula is C19H28O6. The zero-order chi connectivity index (χ0) is 17.8. The molecule has 1 aromatic rings. The zero-order valence-corrected chi connectivity index (χ0v) is 14.8. The van der Waals surface area contributed by atoms with Gasteiger partial charge in [0.25, 0.3) is 0 Å². The zero-order valence-electron chi connectivity index (χ0n) is 14.8. The first kappa shape index (κ1) is 18.6. The van der Waals surface area contributed by atoms with E-state index in [2.05, 4.69) is 0 Å². The first-order chi connectivity index (χ1) is 12.1. The summed E-state index contributed by atoms with van der Waals surface area (Å²) in [5.41, 5.74) is 0.453. The number of aliphatic hydroxyl groups is 2. The Hall–Kier alpha value is -1.18. The van der Waals surface area contributed by atoms with Crippen LogP contribution >= 0.6 is 0 Å². The molecule has 1 aliphatic heterocycles. The highest BCUT2D eigenvalue weighted by Crippen LogP contribution is 2.40. The van der Waals surface area contributed by atoms with Crippen LogP contribution in [0.4, 0.5) is 0 Å². The second-order valence-corrected chi connectivity index (χ2v) is 7.16. The highest BCUT2D eigenvalue weighted by molar-refractivity contribution is 5.26. The van der Waals surface area contributed by atoms with Crippen molar-refractivity contribution in [3.05, 3.63) is 29.8 Å². The quantitative estimate of drug-likeness (QED) is 0.814. The van der Waals surface area contributed by atoms with Gasteiger partial charge in [0.2, 0.25) is 0 Å². The van der Waals surface area contributed by atoms with E-state index >= 15 is 0 Å². The van der Waals surface area contributed by atoms with Crippen molar-refractivity contribution in [3.8, 4) is 5.75 Å². The van der Waals surface area contributed by atoms with Crippen LogP contribution in [0.3, 0.4) is 0 Å². The Balaban J connectivity index is 1.44. The average Bonchev–Trinajstić information content (AvgIpc) is 2.69. The van der Waals surface area contributed by atoms with E-state index in [4.69, 9.17) is 18.9 Å². The summed E-state index contributed by atoms with van der Waals surface area (Å²) >= 11 is 0. The molecule has 1 saturated carbocycles. The smallest absolute Gasteiger partial charge is 0.168 e. The third-order valence-corrected chi connectivity index (χ3v) is 5.29. The van der Waals surface area contributed by atoms with Crippen LogP contribution < -0.4 is 4.74 Å². The molecule has 2 N–H and O–H groups in total. The number of methoxy groups -OCH3 is 1. The minimum Gasteiger partial charge on any atom is -0.497 e. The van der Waals surface area contributed by atoms with E-state index in [1.54, 1.807) is 7.11 Å². The number of hydrogen-bond donors (Lipinski definition) is 2. The normalized spacial score (nSPS) is 22.8. The summed E-state index contributed by atoms with van der Waals surface area (Å²) in [7, 11) is 1.66. The van der Waals surface area contributed by atoms with Gasteiger partial charge in [-0.05, 0) is 30.5 Å². The minimum atomic E-state index is -0.674. The summed E-state index contributed by atoms with van der Waals surface area (Å²) in [5.74, 6) is 0.269. The van der Waals surface area contributed by atoms with Gasteiger partial charge in [-0.25, -0.2) is 0 Å².